The predicted octanol–water partition coefficient (Wildman–Crippen LogP) is 5.11. The maximum Gasteiger partial charge on any atom is 0.185 e. The Kier molecular flexibility index (Phi) is 5.51. The molecule has 1 saturated heterocycles. The van der Waals surface area contributed by atoms with Crippen molar-refractivity contribution in [3.05, 3.63) is 101 Å². The van der Waals surface area contributed by atoms with E-state index in [2.05, 4.69) is 12.1 Å². The zero-order valence-electron chi connectivity index (χ0n) is 19.4. The molecule has 3 atom stereocenters. The van der Waals surface area contributed by atoms with Gasteiger partial charge in [0.05, 0.1) is 32.4 Å². The van der Waals surface area contributed by atoms with Crippen LogP contribution in [-0.4, -0.2) is 30.9 Å². The lowest BCUT2D eigenvalue weighted by Gasteiger charge is -2.34. The van der Waals surface area contributed by atoms with E-state index in [1.807, 2.05) is 59.6 Å². The van der Waals surface area contributed by atoms with Gasteiger partial charge in [0.25, 0.3) is 0 Å². The second kappa shape index (κ2) is 8.66. The first kappa shape index (κ1) is 22.3. The van der Waals surface area contributed by atoms with E-state index in [1.54, 1.807) is 44.6 Å². The number of carbonyl (C=O) groups excluding carboxylic acids is 1. The first-order valence-corrected chi connectivity index (χ1v) is 11.3. The van der Waals surface area contributed by atoms with Gasteiger partial charge >= 0.3 is 0 Å². The summed E-state index contributed by atoms with van der Waals surface area (Å²) in [6, 6.07) is 25.3. The number of Topliss-reactive ketones (excluding diaryl/α,β-unsaturated/α-hetero) is 1. The number of hydrogen-bond donors (Lipinski definition) is 0. The molecule has 3 aromatic rings. The largest absolute Gasteiger partial charge is 0.497 e. The zero-order valence-corrected chi connectivity index (χ0v) is 19.4. The Morgan fingerprint density at radius 3 is 2.17 bits per heavy atom. The summed E-state index contributed by atoms with van der Waals surface area (Å²) < 4.78 is 11.0. The summed E-state index contributed by atoms with van der Waals surface area (Å²) in [4.78, 5) is 16.0. The lowest BCUT2D eigenvalue weighted by molar-refractivity contribution is 0.0874. The van der Waals surface area contributed by atoms with Gasteiger partial charge in [-0.1, -0.05) is 54.6 Å². The first-order chi connectivity index (χ1) is 17.1. The van der Waals surface area contributed by atoms with Crippen molar-refractivity contribution in [3.8, 4) is 23.6 Å². The Hall–Kier alpha value is -4.55. The van der Waals surface area contributed by atoms with Crippen LogP contribution in [0.1, 0.15) is 39.0 Å². The number of rotatable bonds is 5. The van der Waals surface area contributed by atoms with Gasteiger partial charge in [-0.05, 0) is 34.9 Å². The van der Waals surface area contributed by atoms with Crippen molar-refractivity contribution in [1.82, 2.24) is 4.90 Å². The minimum absolute atomic E-state index is 0.154. The monoisotopic (exact) mass is 461 g/mol. The van der Waals surface area contributed by atoms with Crippen LogP contribution in [0.25, 0.3) is 6.08 Å². The number of methoxy groups -OCH3 is 2. The third kappa shape index (κ3) is 3.34. The van der Waals surface area contributed by atoms with Crippen molar-refractivity contribution >= 4 is 11.9 Å². The molecule has 0 amide bonds. The lowest BCUT2D eigenvalue weighted by Crippen LogP contribution is -2.37. The molecular weight excluding hydrogens is 438 g/mol. The SMILES string of the molecule is COc1cc(OC)cc(C2C(C(=O)c3ccccc3)N3C=Cc4ccccc4C3C2(C#N)C#N)c1. The highest BCUT2D eigenvalue weighted by molar-refractivity contribution is 6.01. The van der Waals surface area contributed by atoms with Crippen LogP contribution >= 0.6 is 0 Å². The second-order valence-corrected chi connectivity index (χ2v) is 8.69. The van der Waals surface area contributed by atoms with Gasteiger partial charge in [0, 0.05) is 23.7 Å². The van der Waals surface area contributed by atoms with Gasteiger partial charge in [-0.25, -0.2) is 0 Å². The quantitative estimate of drug-likeness (QED) is 0.491. The molecule has 5 rings (SSSR count). The van der Waals surface area contributed by atoms with Crippen molar-refractivity contribution < 1.29 is 14.3 Å². The molecule has 1 fully saturated rings. The van der Waals surface area contributed by atoms with Crippen molar-refractivity contribution in [1.29, 1.82) is 10.5 Å². The molecule has 2 heterocycles. The number of carbonyl (C=O) groups is 1. The lowest BCUT2D eigenvalue weighted by atomic mass is 9.67. The van der Waals surface area contributed by atoms with Gasteiger partial charge in [-0.2, -0.15) is 10.5 Å². The Labute approximate surface area is 204 Å². The average molecular weight is 462 g/mol. The highest BCUT2D eigenvalue weighted by Gasteiger charge is 2.64. The van der Waals surface area contributed by atoms with E-state index in [1.165, 1.54) is 0 Å². The summed E-state index contributed by atoms with van der Waals surface area (Å²) in [5, 5.41) is 21.3. The molecule has 172 valence electrons. The normalized spacial score (nSPS) is 21.3. The summed E-state index contributed by atoms with van der Waals surface area (Å²) in [6.07, 6.45) is 3.78. The van der Waals surface area contributed by atoms with E-state index in [-0.39, 0.29) is 5.78 Å². The highest BCUT2D eigenvalue weighted by atomic mass is 16.5. The van der Waals surface area contributed by atoms with Gasteiger partial charge < -0.3 is 14.4 Å². The number of ether oxygens (including phenoxy) is 2. The summed E-state index contributed by atoms with van der Waals surface area (Å²) >= 11 is 0. The predicted molar refractivity (Wildman–Crippen MR) is 131 cm³/mol. The molecule has 2 aliphatic rings. The summed E-state index contributed by atoms with van der Waals surface area (Å²) in [7, 11) is 3.09. The molecule has 0 N–H and O–H groups in total. The van der Waals surface area contributed by atoms with E-state index in [0.717, 1.165) is 11.1 Å². The van der Waals surface area contributed by atoms with Gasteiger partial charge in [0.15, 0.2) is 11.2 Å². The van der Waals surface area contributed by atoms with Gasteiger partial charge in [-0.15, -0.1) is 0 Å². The van der Waals surface area contributed by atoms with Gasteiger partial charge in [0.2, 0.25) is 0 Å². The zero-order chi connectivity index (χ0) is 24.6. The molecule has 3 unspecified atom stereocenters. The Morgan fingerprint density at radius 2 is 1.54 bits per heavy atom. The molecule has 0 aromatic heterocycles. The maximum atomic E-state index is 14.1. The number of hydrogen-bond acceptors (Lipinski definition) is 6. The number of ketones is 1. The third-order valence-corrected chi connectivity index (χ3v) is 7.00. The second-order valence-electron chi connectivity index (χ2n) is 8.69. The van der Waals surface area contributed by atoms with E-state index in [4.69, 9.17) is 9.47 Å². The number of nitriles is 2. The molecule has 0 bridgehead atoms. The van der Waals surface area contributed by atoms with Crippen molar-refractivity contribution in [3.63, 3.8) is 0 Å². The molecule has 0 spiro atoms. The Bertz CT molecular complexity index is 1360. The molecule has 0 saturated carbocycles. The average Bonchev–Trinajstić information content (AvgIpc) is 3.23. The fourth-order valence-corrected chi connectivity index (χ4v) is 5.45. The fraction of sp³-hybridized carbons (Fsp3) is 0.207. The van der Waals surface area contributed by atoms with Crippen molar-refractivity contribution in [2.45, 2.75) is 18.0 Å². The van der Waals surface area contributed by atoms with Gasteiger partial charge in [-0.3, -0.25) is 4.79 Å². The van der Waals surface area contributed by atoms with Crippen LogP contribution in [0.5, 0.6) is 11.5 Å². The standard InChI is InChI=1S/C29H23N3O3/c1-34-22-14-21(15-23(16-22)35-2)25-26(27(33)20-9-4-3-5-10-20)32-13-12-19-8-6-7-11-24(19)28(32)29(25,17-30)18-31/h3-16,25-26,28H,1-2H3. The molecule has 35 heavy (non-hydrogen) atoms. The van der Waals surface area contributed by atoms with Crippen LogP contribution in [0.4, 0.5) is 0 Å². The molecule has 0 aliphatic carbocycles. The van der Waals surface area contributed by atoms with E-state index < -0.39 is 23.4 Å². The van der Waals surface area contributed by atoms with E-state index >= 15 is 0 Å². The molecule has 3 aromatic carbocycles. The minimum atomic E-state index is -1.55. The molecule has 6 nitrogen and oxygen atoms in total. The Balaban J connectivity index is 1.80. The van der Waals surface area contributed by atoms with Crippen LogP contribution in [0.15, 0.2) is 79.0 Å². The van der Waals surface area contributed by atoms with Gasteiger partial charge in [0.1, 0.15) is 17.5 Å². The summed E-state index contributed by atoms with van der Waals surface area (Å²) in [5.74, 6) is 0.125. The van der Waals surface area contributed by atoms with Crippen LogP contribution in [-0.2, 0) is 0 Å². The Morgan fingerprint density at radius 1 is 0.914 bits per heavy atom. The molecule has 0 radical (unpaired) electrons. The van der Waals surface area contributed by atoms with Crippen LogP contribution < -0.4 is 9.47 Å². The summed E-state index contributed by atoms with van der Waals surface area (Å²) in [5.41, 5.74) is 1.39. The van der Waals surface area contributed by atoms with Crippen molar-refractivity contribution in [2.24, 2.45) is 5.41 Å². The molecule has 6 heteroatoms. The number of fused-ring (bicyclic) bond motifs is 3. The van der Waals surface area contributed by atoms with Crippen LogP contribution in [0.3, 0.4) is 0 Å². The number of nitrogens with zero attached hydrogens (tertiary/aromatic N) is 3. The fourth-order valence-electron chi connectivity index (χ4n) is 5.45. The third-order valence-electron chi connectivity index (χ3n) is 7.00. The molecule has 2 aliphatic heterocycles. The van der Waals surface area contributed by atoms with E-state index in [0.29, 0.717) is 22.6 Å². The van der Waals surface area contributed by atoms with Crippen LogP contribution in [0, 0.1) is 28.1 Å². The maximum absolute atomic E-state index is 14.1. The van der Waals surface area contributed by atoms with E-state index in [9.17, 15) is 15.3 Å². The number of benzene rings is 3. The first-order valence-electron chi connectivity index (χ1n) is 11.3. The smallest absolute Gasteiger partial charge is 0.185 e. The minimum Gasteiger partial charge on any atom is -0.497 e. The molecular formula is C29H23N3O3. The van der Waals surface area contributed by atoms with Crippen LogP contribution in [0.2, 0.25) is 0 Å². The highest BCUT2D eigenvalue weighted by Crippen LogP contribution is 2.60. The topological polar surface area (TPSA) is 86.3 Å². The van der Waals surface area contributed by atoms with Crippen molar-refractivity contribution in [2.75, 3.05) is 14.2 Å². The summed E-state index contributed by atoms with van der Waals surface area (Å²) in [6.45, 7) is 0.